The first kappa shape index (κ1) is 13.7. The third-order valence-electron chi connectivity index (χ3n) is 2.75. The molecule has 0 aliphatic heterocycles. The van der Waals surface area contributed by atoms with Crippen LogP contribution in [0.15, 0.2) is 0 Å². The molecule has 96 valence electrons. The van der Waals surface area contributed by atoms with E-state index in [1.807, 2.05) is 0 Å². The number of carbonyl (C=O) groups excluding carboxylic acids is 1. The van der Waals surface area contributed by atoms with Crippen molar-refractivity contribution in [2.24, 2.45) is 5.92 Å². The zero-order chi connectivity index (χ0) is 12.9. The number of halogens is 3. The van der Waals surface area contributed by atoms with E-state index < -0.39 is 24.2 Å². The molecule has 0 heterocycles. The maximum absolute atomic E-state index is 12.5. The Hall–Kier alpha value is -1.38. The standard InChI is InChI=1S/C11H14F3NO2/c1-2-6-17-10(16)15-9-5-3-4-8(7-9)11(12,13)14/h1,8-9H,3-7H2,(H,15,16). The Balaban J connectivity index is 2.40. The third-order valence-corrected chi connectivity index (χ3v) is 2.75. The van der Waals surface area contributed by atoms with Gasteiger partial charge < -0.3 is 10.1 Å². The van der Waals surface area contributed by atoms with Crippen molar-refractivity contribution < 1.29 is 22.7 Å². The predicted molar refractivity (Wildman–Crippen MR) is 55.1 cm³/mol. The molecule has 1 amide bonds. The summed E-state index contributed by atoms with van der Waals surface area (Å²) in [6.07, 6.45) is 0.966. The molecule has 0 saturated heterocycles. The molecular weight excluding hydrogens is 235 g/mol. The summed E-state index contributed by atoms with van der Waals surface area (Å²) >= 11 is 0. The number of ether oxygens (including phenoxy) is 1. The summed E-state index contributed by atoms with van der Waals surface area (Å²) in [5.41, 5.74) is 0. The minimum Gasteiger partial charge on any atom is -0.436 e. The molecule has 0 aromatic carbocycles. The maximum atomic E-state index is 12.5. The van der Waals surface area contributed by atoms with Crippen molar-refractivity contribution in [2.75, 3.05) is 6.61 Å². The summed E-state index contributed by atoms with van der Waals surface area (Å²) in [5, 5.41) is 2.40. The summed E-state index contributed by atoms with van der Waals surface area (Å²) in [5.74, 6) is 0.767. The Labute approximate surface area is 97.7 Å². The summed E-state index contributed by atoms with van der Waals surface area (Å²) in [6.45, 7) is -0.179. The Morgan fingerprint density at radius 3 is 2.76 bits per heavy atom. The number of amides is 1. The lowest BCUT2D eigenvalue weighted by molar-refractivity contribution is -0.183. The highest BCUT2D eigenvalue weighted by Gasteiger charge is 2.42. The molecule has 0 bridgehead atoms. The topological polar surface area (TPSA) is 38.3 Å². The van der Waals surface area contributed by atoms with Crippen LogP contribution >= 0.6 is 0 Å². The number of alkyl carbamates (subject to hydrolysis) is 1. The van der Waals surface area contributed by atoms with Crippen LogP contribution in [0.5, 0.6) is 0 Å². The van der Waals surface area contributed by atoms with E-state index in [9.17, 15) is 18.0 Å². The van der Waals surface area contributed by atoms with Crippen molar-refractivity contribution in [1.82, 2.24) is 5.32 Å². The molecule has 0 aromatic rings. The van der Waals surface area contributed by atoms with Crippen molar-refractivity contribution in [3.8, 4) is 12.3 Å². The number of carbonyl (C=O) groups is 1. The van der Waals surface area contributed by atoms with E-state index in [2.05, 4.69) is 16.0 Å². The van der Waals surface area contributed by atoms with Crippen LogP contribution in [0.2, 0.25) is 0 Å². The molecule has 3 nitrogen and oxygen atoms in total. The Kier molecular flexibility index (Phi) is 4.67. The number of rotatable bonds is 2. The molecule has 1 aliphatic rings. The molecule has 1 fully saturated rings. The number of hydrogen-bond donors (Lipinski definition) is 1. The average molecular weight is 249 g/mol. The van der Waals surface area contributed by atoms with Gasteiger partial charge >= 0.3 is 12.3 Å². The van der Waals surface area contributed by atoms with Gasteiger partial charge in [0.15, 0.2) is 6.61 Å². The molecule has 0 radical (unpaired) electrons. The maximum Gasteiger partial charge on any atom is 0.408 e. The molecule has 6 heteroatoms. The van der Waals surface area contributed by atoms with Gasteiger partial charge in [0.1, 0.15) is 0 Å². The van der Waals surface area contributed by atoms with Crippen LogP contribution in [0.1, 0.15) is 25.7 Å². The van der Waals surface area contributed by atoms with Crippen molar-refractivity contribution in [2.45, 2.75) is 37.9 Å². The minimum absolute atomic E-state index is 0.0886. The fraction of sp³-hybridized carbons (Fsp3) is 0.727. The second-order valence-corrected chi connectivity index (χ2v) is 4.03. The van der Waals surface area contributed by atoms with Gasteiger partial charge in [-0.2, -0.15) is 13.2 Å². The fourth-order valence-electron chi connectivity index (χ4n) is 1.93. The highest BCUT2D eigenvalue weighted by molar-refractivity contribution is 5.67. The zero-order valence-corrected chi connectivity index (χ0v) is 9.22. The number of terminal acetylenes is 1. The first-order valence-corrected chi connectivity index (χ1v) is 5.37. The normalized spacial score (nSPS) is 24.8. The largest absolute Gasteiger partial charge is 0.436 e. The lowest BCUT2D eigenvalue weighted by atomic mass is 9.85. The Bertz CT molecular complexity index is 309. The van der Waals surface area contributed by atoms with E-state index in [1.165, 1.54) is 0 Å². The molecule has 1 N–H and O–H groups in total. The monoisotopic (exact) mass is 249 g/mol. The third kappa shape index (κ3) is 4.55. The van der Waals surface area contributed by atoms with E-state index in [4.69, 9.17) is 6.42 Å². The van der Waals surface area contributed by atoms with E-state index in [-0.39, 0.29) is 19.4 Å². The molecule has 1 aliphatic carbocycles. The summed E-state index contributed by atoms with van der Waals surface area (Å²) in [6, 6.07) is -0.486. The van der Waals surface area contributed by atoms with Crippen LogP contribution in [0.4, 0.5) is 18.0 Å². The van der Waals surface area contributed by atoms with Gasteiger partial charge in [-0.25, -0.2) is 4.79 Å². The van der Waals surface area contributed by atoms with Gasteiger partial charge in [0, 0.05) is 6.04 Å². The van der Waals surface area contributed by atoms with Crippen molar-refractivity contribution in [3.63, 3.8) is 0 Å². The van der Waals surface area contributed by atoms with Gasteiger partial charge in [-0.15, -0.1) is 6.42 Å². The van der Waals surface area contributed by atoms with Crippen LogP contribution < -0.4 is 5.32 Å². The van der Waals surface area contributed by atoms with Gasteiger partial charge in [0.2, 0.25) is 0 Å². The Morgan fingerprint density at radius 1 is 1.47 bits per heavy atom. The molecule has 0 aromatic heterocycles. The predicted octanol–water partition coefficient (Wildman–Crippen LogP) is 2.47. The van der Waals surface area contributed by atoms with Gasteiger partial charge in [0.05, 0.1) is 5.92 Å². The molecular formula is C11H14F3NO2. The fourth-order valence-corrected chi connectivity index (χ4v) is 1.93. The highest BCUT2D eigenvalue weighted by atomic mass is 19.4. The second kappa shape index (κ2) is 5.80. The van der Waals surface area contributed by atoms with E-state index in [0.717, 1.165) is 0 Å². The van der Waals surface area contributed by atoms with E-state index >= 15 is 0 Å². The van der Waals surface area contributed by atoms with Crippen LogP contribution in [0, 0.1) is 18.3 Å². The van der Waals surface area contributed by atoms with Crippen molar-refractivity contribution >= 4 is 6.09 Å². The van der Waals surface area contributed by atoms with Gasteiger partial charge in [0.25, 0.3) is 0 Å². The van der Waals surface area contributed by atoms with E-state index in [1.54, 1.807) is 0 Å². The van der Waals surface area contributed by atoms with Crippen molar-refractivity contribution in [3.05, 3.63) is 0 Å². The first-order valence-electron chi connectivity index (χ1n) is 5.37. The minimum atomic E-state index is -4.19. The lowest BCUT2D eigenvalue weighted by Crippen LogP contribution is -2.41. The number of nitrogens with one attached hydrogen (secondary N) is 1. The Morgan fingerprint density at radius 2 is 2.18 bits per heavy atom. The van der Waals surface area contributed by atoms with Crippen LogP contribution in [0.3, 0.4) is 0 Å². The van der Waals surface area contributed by atoms with Crippen LogP contribution in [-0.4, -0.2) is 24.9 Å². The van der Waals surface area contributed by atoms with Crippen molar-refractivity contribution in [1.29, 1.82) is 0 Å². The van der Waals surface area contributed by atoms with Gasteiger partial charge in [-0.3, -0.25) is 0 Å². The van der Waals surface area contributed by atoms with Crippen LogP contribution in [-0.2, 0) is 4.74 Å². The molecule has 2 atom stereocenters. The molecule has 2 unspecified atom stereocenters. The molecule has 1 rings (SSSR count). The molecule has 1 saturated carbocycles. The van der Waals surface area contributed by atoms with Gasteiger partial charge in [-0.05, 0) is 19.3 Å². The van der Waals surface area contributed by atoms with Gasteiger partial charge in [-0.1, -0.05) is 12.3 Å². The summed E-state index contributed by atoms with van der Waals surface area (Å²) in [7, 11) is 0. The SMILES string of the molecule is C#CCOC(=O)NC1CCCC(C(F)(F)F)C1. The number of hydrogen-bond acceptors (Lipinski definition) is 2. The van der Waals surface area contributed by atoms with Crippen LogP contribution in [0.25, 0.3) is 0 Å². The smallest absolute Gasteiger partial charge is 0.408 e. The zero-order valence-electron chi connectivity index (χ0n) is 9.22. The average Bonchev–Trinajstić information content (AvgIpc) is 2.25. The first-order chi connectivity index (χ1) is 7.93. The molecule has 0 spiro atoms. The summed E-state index contributed by atoms with van der Waals surface area (Å²) < 4.78 is 42.0. The highest BCUT2D eigenvalue weighted by Crippen LogP contribution is 2.37. The summed E-state index contributed by atoms with van der Waals surface area (Å²) in [4.78, 5) is 11.1. The van der Waals surface area contributed by atoms with E-state index in [0.29, 0.717) is 12.8 Å². The lowest BCUT2D eigenvalue weighted by Gasteiger charge is -2.30. The molecule has 17 heavy (non-hydrogen) atoms. The number of alkyl halides is 3. The quantitative estimate of drug-likeness (QED) is 0.763. The second-order valence-electron chi connectivity index (χ2n) is 4.03.